The van der Waals surface area contributed by atoms with Crippen molar-refractivity contribution in [2.75, 3.05) is 45.7 Å². The van der Waals surface area contributed by atoms with Crippen molar-refractivity contribution >= 4 is 23.2 Å². The first-order valence-electron chi connectivity index (χ1n) is 11.8. The number of methoxy groups -OCH3 is 1. The standard InChI is InChI=1S/C26H32ClN5O3/c1-31(20-9-11-28-12-10-20)13-14-35-24-8-7-19(16-22(24)25-23(27)17-29-32(25)2)30-26(33)18-5-4-6-21(15-18)34-3/h4-8,15-17,20,28H,9-14H2,1-3H3,(H,30,33). The van der Waals surface area contributed by atoms with E-state index in [1.807, 2.05) is 25.2 Å². The molecule has 9 heteroatoms. The lowest BCUT2D eigenvalue weighted by molar-refractivity contribution is 0.102. The molecule has 3 aromatic rings. The van der Waals surface area contributed by atoms with E-state index in [4.69, 9.17) is 21.1 Å². The fourth-order valence-electron chi connectivity index (χ4n) is 4.33. The molecule has 186 valence electrons. The summed E-state index contributed by atoms with van der Waals surface area (Å²) in [5.74, 6) is 1.08. The average molecular weight is 498 g/mol. The largest absolute Gasteiger partial charge is 0.497 e. The number of aryl methyl sites for hydroxylation is 1. The number of benzene rings is 2. The first kappa shape index (κ1) is 25.0. The second-order valence-electron chi connectivity index (χ2n) is 8.67. The van der Waals surface area contributed by atoms with Crippen LogP contribution in [-0.2, 0) is 7.05 Å². The molecule has 0 radical (unpaired) electrons. The highest BCUT2D eigenvalue weighted by Gasteiger charge is 2.19. The van der Waals surface area contributed by atoms with E-state index in [0.29, 0.717) is 40.4 Å². The number of piperidine rings is 1. The molecule has 1 aliphatic rings. The van der Waals surface area contributed by atoms with Gasteiger partial charge in [-0.2, -0.15) is 5.10 Å². The van der Waals surface area contributed by atoms with Crippen LogP contribution in [0.5, 0.6) is 11.5 Å². The maximum Gasteiger partial charge on any atom is 0.255 e. The third kappa shape index (κ3) is 6.14. The summed E-state index contributed by atoms with van der Waals surface area (Å²) < 4.78 is 13.2. The lowest BCUT2D eigenvalue weighted by Crippen LogP contribution is -2.42. The zero-order chi connectivity index (χ0) is 24.8. The highest BCUT2D eigenvalue weighted by molar-refractivity contribution is 6.33. The van der Waals surface area contributed by atoms with E-state index in [2.05, 4.69) is 27.7 Å². The van der Waals surface area contributed by atoms with Gasteiger partial charge in [-0.25, -0.2) is 0 Å². The smallest absolute Gasteiger partial charge is 0.255 e. The Hall–Kier alpha value is -3.07. The van der Waals surface area contributed by atoms with Crippen LogP contribution in [0.1, 0.15) is 23.2 Å². The highest BCUT2D eigenvalue weighted by Crippen LogP contribution is 2.36. The van der Waals surface area contributed by atoms with Gasteiger partial charge in [0.1, 0.15) is 18.1 Å². The molecule has 0 bridgehead atoms. The molecule has 4 rings (SSSR count). The van der Waals surface area contributed by atoms with Crippen molar-refractivity contribution in [3.8, 4) is 22.8 Å². The number of anilines is 1. The average Bonchev–Trinajstić information content (AvgIpc) is 3.22. The minimum atomic E-state index is -0.233. The fraction of sp³-hybridized carbons (Fsp3) is 0.385. The molecule has 8 nitrogen and oxygen atoms in total. The molecular weight excluding hydrogens is 466 g/mol. The Bertz CT molecular complexity index is 1140. The molecule has 35 heavy (non-hydrogen) atoms. The van der Waals surface area contributed by atoms with Gasteiger partial charge >= 0.3 is 0 Å². The van der Waals surface area contributed by atoms with Crippen molar-refractivity contribution in [1.29, 1.82) is 0 Å². The molecule has 2 aromatic carbocycles. The molecule has 2 N–H and O–H groups in total. The van der Waals surface area contributed by atoms with E-state index in [1.165, 1.54) is 0 Å². The van der Waals surface area contributed by atoms with Gasteiger partial charge in [-0.05, 0) is 69.4 Å². The minimum absolute atomic E-state index is 0.233. The number of amides is 1. The lowest BCUT2D eigenvalue weighted by atomic mass is 10.1. The fourth-order valence-corrected chi connectivity index (χ4v) is 4.60. The number of halogens is 1. The van der Waals surface area contributed by atoms with Crippen LogP contribution < -0.4 is 20.1 Å². The number of carbonyl (C=O) groups excluding carboxylic acids is 1. The third-order valence-corrected chi connectivity index (χ3v) is 6.63. The predicted octanol–water partition coefficient (Wildman–Crippen LogP) is 4.06. The molecule has 0 unspecified atom stereocenters. The maximum absolute atomic E-state index is 12.8. The van der Waals surface area contributed by atoms with E-state index < -0.39 is 0 Å². The SMILES string of the molecule is COc1cccc(C(=O)Nc2ccc(OCCN(C)C3CCNCC3)c(-c3c(Cl)cnn3C)c2)c1. The number of hydrogen-bond donors (Lipinski definition) is 2. The molecule has 0 atom stereocenters. The van der Waals surface area contributed by atoms with Crippen LogP contribution in [0.25, 0.3) is 11.3 Å². The van der Waals surface area contributed by atoms with Crippen molar-refractivity contribution in [3.63, 3.8) is 0 Å². The maximum atomic E-state index is 12.8. The Balaban J connectivity index is 1.52. The van der Waals surface area contributed by atoms with E-state index in [0.717, 1.165) is 43.7 Å². The molecule has 1 fully saturated rings. The predicted molar refractivity (Wildman–Crippen MR) is 139 cm³/mol. The molecule has 1 saturated heterocycles. The molecule has 1 aromatic heterocycles. The summed E-state index contributed by atoms with van der Waals surface area (Å²) in [6.45, 7) is 3.47. The van der Waals surface area contributed by atoms with Gasteiger partial charge in [-0.3, -0.25) is 14.4 Å². The number of carbonyl (C=O) groups is 1. The zero-order valence-electron chi connectivity index (χ0n) is 20.4. The normalized spacial score (nSPS) is 14.2. The summed E-state index contributed by atoms with van der Waals surface area (Å²) in [6.07, 6.45) is 3.90. The Kier molecular flexibility index (Phi) is 8.28. The third-order valence-electron chi connectivity index (χ3n) is 6.35. The molecule has 1 aliphatic heterocycles. The molecule has 1 amide bonds. The Morgan fingerprint density at radius 2 is 2.06 bits per heavy atom. The molecule has 0 spiro atoms. The Labute approximate surface area is 211 Å². The quantitative estimate of drug-likeness (QED) is 0.464. The van der Waals surface area contributed by atoms with Crippen LogP contribution in [-0.4, -0.2) is 67.0 Å². The lowest BCUT2D eigenvalue weighted by Gasteiger charge is -2.31. The first-order chi connectivity index (χ1) is 17.0. The number of ether oxygens (including phenoxy) is 2. The van der Waals surface area contributed by atoms with E-state index in [-0.39, 0.29) is 5.91 Å². The second-order valence-corrected chi connectivity index (χ2v) is 9.08. The van der Waals surface area contributed by atoms with Crippen LogP contribution in [0.15, 0.2) is 48.7 Å². The number of nitrogens with zero attached hydrogens (tertiary/aromatic N) is 3. The van der Waals surface area contributed by atoms with Crippen molar-refractivity contribution in [1.82, 2.24) is 20.0 Å². The molecule has 0 saturated carbocycles. The molecule has 2 heterocycles. The van der Waals surface area contributed by atoms with Crippen molar-refractivity contribution < 1.29 is 14.3 Å². The van der Waals surface area contributed by atoms with Crippen molar-refractivity contribution in [3.05, 3.63) is 59.2 Å². The molecular formula is C26H32ClN5O3. The van der Waals surface area contributed by atoms with Gasteiger partial charge in [0, 0.05) is 36.4 Å². The van der Waals surface area contributed by atoms with E-state index in [9.17, 15) is 4.79 Å². The van der Waals surface area contributed by atoms with Crippen molar-refractivity contribution in [2.24, 2.45) is 7.05 Å². The minimum Gasteiger partial charge on any atom is -0.497 e. The number of rotatable bonds is 9. The zero-order valence-corrected chi connectivity index (χ0v) is 21.1. The summed E-state index contributed by atoms with van der Waals surface area (Å²) in [5.41, 5.74) is 2.63. The van der Waals surface area contributed by atoms with Gasteiger partial charge in [-0.15, -0.1) is 0 Å². The van der Waals surface area contributed by atoms with Gasteiger partial charge in [0.2, 0.25) is 0 Å². The van der Waals surface area contributed by atoms with E-state index in [1.54, 1.807) is 42.3 Å². The second kappa shape index (κ2) is 11.6. The first-order valence-corrected chi connectivity index (χ1v) is 12.1. The number of aromatic nitrogens is 2. The van der Waals surface area contributed by atoms with Crippen LogP contribution in [0.3, 0.4) is 0 Å². The monoisotopic (exact) mass is 497 g/mol. The van der Waals surface area contributed by atoms with Crippen LogP contribution in [0.2, 0.25) is 5.02 Å². The topological polar surface area (TPSA) is 80.7 Å². The van der Waals surface area contributed by atoms with Gasteiger partial charge in [-0.1, -0.05) is 17.7 Å². The highest BCUT2D eigenvalue weighted by atomic mass is 35.5. The van der Waals surface area contributed by atoms with Crippen molar-refractivity contribution in [2.45, 2.75) is 18.9 Å². The van der Waals surface area contributed by atoms with Gasteiger partial charge < -0.3 is 20.1 Å². The van der Waals surface area contributed by atoms with Crippen LogP contribution in [0.4, 0.5) is 5.69 Å². The molecule has 0 aliphatic carbocycles. The Morgan fingerprint density at radius 3 is 2.77 bits per heavy atom. The number of nitrogens with one attached hydrogen (secondary N) is 2. The van der Waals surface area contributed by atoms with Crippen LogP contribution >= 0.6 is 11.6 Å². The van der Waals surface area contributed by atoms with Gasteiger partial charge in [0.25, 0.3) is 5.91 Å². The summed E-state index contributed by atoms with van der Waals surface area (Å²) in [7, 11) is 5.55. The van der Waals surface area contributed by atoms with E-state index >= 15 is 0 Å². The number of hydrogen-bond acceptors (Lipinski definition) is 6. The summed E-state index contributed by atoms with van der Waals surface area (Å²) in [5, 5.41) is 11.2. The summed E-state index contributed by atoms with van der Waals surface area (Å²) >= 11 is 6.47. The van der Waals surface area contributed by atoms with Gasteiger partial charge in [0.05, 0.1) is 24.0 Å². The van der Waals surface area contributed by atoms with Gasteiger partial charge in [0.15, 0.2) is 0 Å². The van der Waals surface area contributed by atoms with Crippen LogP contribution in [0, 0.1) is 0 Å². The summed E-state index contributed by atoms with van der Waals surface area (Å²) in [6, 6.07) is 13.2. The Morgan fingerprint density at radius 1 is 1.26 bits per heavy atom. The number of likely N-dealkylation sites (N-methyl/N-ethyl adjacent to an activating group) is 1. The summed E-state index contributed by atoms with van der Waals surface area (Å²) in [4.78, 5) is 15.2.